The molecule has 0 aromatic heterocycles. The van der Waals surface area contributed by atoms with Crippen LogP contribution in [0.1, 0.15) is 99.8 Å². The molecule has 0 amide bonds. The van der Waals surface area contributed by atoms with Crippen molar-refractivity contribution in [2.75, 3.05) is 13.2 Å². The molecule has 2 unspecified atom stereocenters. The van der Waals surface area contributed by atoms with Gasteiger partial charge in [-0.3, -0.25) is 0 Å². The molecule has 1 rings (SSSR count). The van der Waals surface area contributed by atoms with Gasteiger partial charge in [0.1, 0.15) is 0 Å². The first-order valence-corrected chi connectivity index (χ1v) is 11.0. The molecule has 0 N–H and O–H groups in total. The first kappa shape index (κ1) is 28.4. The zero-order valence-corrected chi connectivity index (χ0v) is 18.2. The van der Waals surface area contributed by atoms with Gasteiger partial charge in [-0.2, -0.15) is 0 Å². The van der Waals surface area contributed by atoms with Crippen LogP contribution in [0.4, 0.5) is 0 Å². The molecule has 2 atom stereocenters. The van der Waals surface area contributed by atoms with Crippen molar-refractivity contribution < 1.29 is 19.1 Å². The summed E-state index contributed by atoms with van der Waals surface area (Å²) in [5.41, 5.74) is 0.582. The van der Waals surface area contributed by atoms with Crippen LogP contribution in [-0.4, -0.2) is 62.9 Å². The monoisotopic (exact) mass is 432 g/mol. The van der Waals surface area contributed by atoms with Gasteiger partial charge in [-0.15, -0.1) is 0 Å². The van der Waals surface area contributed by atoms with Crippen LogP contribution < -0.4 is 0 Å². The fourth-order valence-corrected chi connectivity index (χ4v) is 3.18. The molecule has 0 aliphatic carbocycles. The van der Waals surface area contributed by atoms with E-state index < -0.39 is 11.9 Å². The first-order valence-electron chi connectivity index (χ1n) is 11.0. The van der Waals surface area contributed by atoms with E-state index >= 15 is 0 Å². The third kappa shape index (κ3) is 10.8. The standard InChI is InChI=1S/C24H38O4.Ca.2H/c1-5-9-13-19(7-3)17-27-23(25)21-15-11-12-16-22(21)24(26)28-18-20(8-4)14-10-6-2;;;/h11-12,15-16,19-20H,5-10,13-14,17-18H2,1-4H3;;;. The molecule has 5 heteroatoms. The van der Waals surface area contributed by atoms with Crippen LogP contribution in [0.2, 0.25) is 0 Å². The normalized spacial score (nSPS) is 12.6. The SMILES string of the molecule is CCCCC(CC)COC(=O)c1ccccc1C(=O)OCC(CC)CCCC.[CaH2]. The van der Waals surface area contributed by atoms with Gasteiger partial charge in [-0.1, -0.05) is 78.4 Å². The van der Waals surface area contributed by atoms with E-state index in [-0.39, 0.29) is 37.7 Å². The van der Waals surface area contributed by atoms with E-state index in [1.54, 1.807) is 24.3 Å². The third-order valence-electron chi connectivity index (χ3n) is 5.35. The second kappa shape index (κ2) is 17.1. The maximum absolute atomic E-state index is 12.6. The van der Waals surface area contributed by atoms with Crippen molar-refractivity contribution in [1.82, 2.24) is 0 Å². The molecule has 0 fully saturated rings. The fraction of sp³-hybridized carbons (Fsp3) is 0.667. The predicted molar refractivity (Wildman–Crippen MR) is 122 cm³/mol. The van der Waals surface area contributed by atoms with Crippen LogP contribution in [0.5, 0.6) is 0 Å². The van der Waals surface area contributed by atoms with Crippen molar-refractivity contribution >= 4 is 49.7 Å². The van der Waals surface area contributed by atoms with Crippen molar-refractivity contribution in [3.05, 3.63) is 35.4 Å². The van der Waals surface area contributed by atoms with Gasteiger partial charge >= 0.3 is 49.7 Å². The molecule has 0 spiro atoms. The number of carbonyl (C=O) groups excluding carboxylic acids is 2. The molecule has 0 saturated carbocycles. The van der Waals surface area contributed by atoms with E-state index in [0.717, 1.165) is 51.4 Å². The molecule has 0 bridgehead atoms. The van der Waals surface area contributed by atoms with E-state index in [1.165, 1.54) is 0 Å². The number of ether oxygens (including phenoxy) is 2. The topological polar surface area (TPSA) is 52.6 Å². The Balaban J connectivity index is 0.00000784. The molecule has 162 valence electrons. The van der Waals surface area contributed by atoms with E-state index in [2.05, 4.69) is 27.7 Å². The number of carbonyl (C=O) groups is 2. The Hall–Kier alpha value is -0.580. The van der Waals surface area contributed by atoms with Gasteiger partial charge in [0.25, 0.3) is 0 Å². The van der Waals surface area contributed by atoms with E-state index in [9.17, 15) is 9.59 Å². The summed E-state index contributed by atoms with van der Waals surface area (Å²) in [5.74, 6) is -0.153. The Kier molecular flexibility index (Phi) is 16.8. The third-order valence-corrected chi connectivity index (χ3v) is 5.35. The summed E-state index contributed by atoms with van der Waals surface area (Å²) in [7, 11) is 0. The van der Waals surface area contributed by atoms with Crippen LogP contribution in [0.15, 0.2) is 24.3 Å². The summed E-state index contributed by atoms with van der Waals surface area (Å²) in [6, 6.07) is 6.77. The molecule has 0 radical (unpaired) electrons. The first-order chi connectivity index (χ1) is 13.6. The van der Waals surface area contributed by atoms with Crippen molar-refractivity contribution in [3.63, 3.8) is 0 Å². The zero-order chi connectivity index (χ0) is 20.8. The van der Waals surface area contributed by atoms with Gasteiger partial charge in [-0.05, 0) is 36.8 Å². The number of esters is 2. The van der Waals surface area contributed by atoms with E-state index in [4.69, 9.17) is 9.47 Å². The maximum atomic E-state index is 12.6. The number of hydrogen-bond acceptors (Lipinski definition) is 4. The Morgan fingerprint density at radius 1 is 0.759 bits per heavy atom. The summed E-state index contributed by atoms with van der Waals surface area (Å²) in [6.45, 7) is 9.34. The van der Waals surface area contributed by atoms with Crippen molar-refractivity contribution in [3.8, 4) is 0 Å². The average Bonchev–Trinajstić information content (AvgIpc) is 2.73. The minimum absolute atomic E-state index is 0. The minimum atomic E-state index is -0.444. The van der Waals surface area contributed by atoms with Crippen LogP contribution >= 0.6 is 0 Å². The molecule has 0 saturated heterocycles. The molecule has 1 aromatic carbocycles. The summed E-state index contributed by atoms with van der Waals surface area (Å²) in [5, 5.41) is 0. The average molecular weight is 433 g/mol. The summed E-state index contributed by atoms with van der Waals surface area (Å²) in [6.07, 6.45) is 8.61. The predicted octanol–water partition coefficient (Wildman–Crippen LogP) is 5.52. The Morgan fingerprint density at radius 3 is 1.45 bits per heavy atom. The van der Waals surface area contributed by atoms with Crippen molar-refractivity contribution in [1.29, 1.82) is 0 Å². The van der Waals surface area contributed by atoms with Gasteiger partial charge in [0.2, 0.25) is 0 Å². The van der Waals surface area contributed by atoms with Crippen molar-refractivity contribution in [2.24, 2.45) is 11.8 Å². The summed E-state index contributed by atoms with van der Waals surface area (Å²) in [4.78, 5) is 25.1. The fourth-order valence-electron chi connectivity index (χ4n) is 3.18. The number of rotatable bonds is 14. The van der Waals surface area contributed by atoms with Crippen LogP contribution in [0, 0.1) is 11.8 Å². The molecule has 0 heterocycles. The molecule has 4 nitrogen and oxygen atoms in total. The zero-order valence-electron chi connectivity index (χ0n) is 18.2. The quantitative estimate of drug-likeness (QED) is 0.287. The van der Waals surface area contributed by atoms with Crippen molar-refractivity contribution in [2.45, 2.75) is 79.1 Å². The van der Waals surface area contributed by atoms with Gasteiger partial charge in [0.15, 0.2) is 0 Å². The van der Waals surface area contributed by atoms with Crippen LogP contribution in [0.3, 0.4) is 0 Å². The Morgan fingerprint density at radius 2 is 1.14 bits per heavy atom. The number of benzene rings is 1. The molecular formula is C24H40CaO4. The second-order valence-corrected chi connectivity index (χ2v) is 7.58. The van der Waals surface area contributed by atoms with Gasteiger partial charge in [-0.25, -0.2) is 9.59 Å². The molecule has 0 aliphatic rings. The molecule has 1 aromatic rings. The van der Waals surface area contributed by atoms with Crippen LogP contribution in [0.25, 0.3) is 0 Å². The Labute approximate surface area is 207 Å². The molecule has 0 aliphatic heterocycles. The number of unbranched alkanes of at least 4 members (excludes halogenated alkanes) is 2. The van der Waals surface area contributed by atoms with Gasteiger partial charge < -0.3 is 9.47 Å². The summed E-state index contributed by atoms with van der Waals surface area (Å²) < 4.78 is 11.0. The molecule has 29 heavy (non-hydrogen) atoms. The van der Waals surface area contributed by atoms with Gasteiger partial charge in [0, 0.05) is 0 Å². The van der Waals surface area contributed by atoms with Crippen LogP contribution in [-0.2, 0) is 9.47 Å². The van der Waals surface area contributed by atoms with E-state index in [0.29, 0.717) is 36.2 Å². The Bertz CT molecular complexity index is 537. The van der Waals surface area contributed by atoms with Gasteiger partial charge in [0.05, 0.1) is 24.3 Å². The molecular weight excluding hydrogens is 392 g/mol. The second-order valence-electron chi connectivity index (χ2n) is 7.58. The van der Waals surface area contributed by atoms with E-state index in [1.807, 2.05) is 0 Å². The number of hydrogen-bond donors (Lipinski definition) is 0. The summed E-state index contributed by atoms with van der Waals surface area (Å²) >= 11 is 0.